The SMILES string of the molecule is COc1cc(NC(=O)OC(C)(C)C)ccc1C(C)(C)C(=O)O. The van der Waals surface area contributed by atoms with E-state index in [0.29, 0.717) is 17.0 Å². The first-order valence-corrected chi connectivity index (χ1v) is 6.89. The zero-order chi connectivity index (χ0) is 17.1. The highest BCUT2D eigenvalue weighted by atomic mass is 16.6. The van der Waals surface area contributed by atoms with Gasteiger partial charge in [0.2, 0.25) is 0 Å². The van der Waals surface area contributed by atoms with Crippen LogP contribution in [0.2, 0.25) is 0 Å². The number of ether oxygens (including phenoxy) is 2. The number of benzene rings is 1. The van der Waals surface area contributed by atoms with Gasteiger partial charge in [0.15, 0.2) is 0 Å². The van der Waals surface area contributed by atoms with E-state index in [1.165, 1.54) is 7.11 Å². The van der Waals surface area contributed by atoms with Gasteiger partial charge in [0.25, 0.3) is 0 Å². The summed E-state index contributed by atoms with van der Waals surface area (Å²) in [5, 5.41) is 11.9. The molecule has 1 rings (SSSR count). The molecule has 0 heterocycles. The number of nitrogens with one attached hydrogen (secondary N) is 1. The molecular formula is C16H23NO5. The molecule has 122 valence electrons. The fraction of sp³-hybridized carbons (Fsp3) is 0.500. The first-order valence-electron chi connectivity index (χ1n) is 6.89. The molecule has 0 aliphatic rings. The van der Waals surface area contributed by atoms with Gasteiger partial charge >= 0.3 is 12.1 Å². The van der Waals surface area contributed by atoms with E-state index in [1.807, 2.05) is 0 Å². The average Bonchev–Trinajstić information content (AvgIpc) is 2.35. The molecule has 0 saturated heterocycles. The Morgan fingerprint density at radius 3 is 2.18 bits per heavy atom. The van der Waals surface area contributed by atoms with Gasteiger partial charge in [-0.25, -0.2) is 4.79 Å². The molecule has 0 saturated carbocycles. The standard InChI is InChI=1S/C16H23NO5/c1-15(2,3)22-14(20)17-10-7-8-11(12(9-10)21-6)16(4,5)13(18)19/h7-9H,1-6H3,(H,17,20)(H,18,19). The van der Waals surface area contributed by atoms with Crippen LogP contribution < -0.4 is 10.1 Å². The Kier molecular flexibility index (Phi) is 5.06. The third kappa shape index (κ3) is 4.38. The fourth-order valence-electron chi connectivity index (χ4n) is 1.82. The van der Waals surface area contributed by atoms with Crippen molar-refractivity contribution in [3.05, 3.63) is 23.8 Å². The van der Waals surface area contributed by atoms with Gasteiger partial charge < -0.3 is 14.6 Å². The van der Waals surface area contributed by atoms with E-state index < -0.39 is 23.1 Å². The highest BCUT2D eigenvalue weighted by molar-refractivity contribution is 5.86. The second-order valence-corrected chi connectivity index (χ2v) is 6.47. The lowest BCUT2D eigenvalue weighted by atomic mass is 9.84. The van der Waals surface area contributed by atoms with Gasteiger partial charge in [0.05, 0.1) is 12.5 Å². The summed E-state index contributed by atoms with van der Waals surface area (Å²) in [5.41, 5.74) is -0.705. The monoisotopic (exact) mass is 309 g/mol. The minimum atomic E-state index is -1.10. The zero-order valence-electron chi connectivity index (χ0n) is 13.8. The second-order valence-electron chi connectivity index (χ2n) is 6.47. The van der Waals surface area contributed by atoms with Gasteiger partial charge in [0, 0.05) is 17.3 Å². The molecule has 0 fully saturated rings. The number of carboxylic acid groups (broad SMARTS) is 1. The normalized spacial score (nSPS) is 11.7. The quantitative estimate of drug-likeness (QED) is 0.890. The van der Waals surface area contributed by atoms with Crippen LogP contribution in [-0.2, 0) is 14.9 Å². The zero-order valence-corrected chi connectivity index (χ0v) is 13.8. The maximum absolute atomic E-state index is 11.7. The molecule has 1 amide bonds. The van der Waals surface area contributed by atoms with Crippen molar-refractivity contribution in [2.45, 2.75) is 45.6 Å². The summed E-state index contributed by atoms with van der Waals surface area (Å²) in [6.07, 6.45) is -0.584. The van der Waals surface area contributed by atoms with Gasteiger partial charge in [-0.1, -0.05) is 6.07 Å². The summed E-state index contributed by atoms with van der Waals surface area (Å²) in [7, 11) is 1.45. The van der Waals surface area contributed by atoms with Crippen LogP contribution in [-0.4, -0.2) is 29.9 Å². The van der Waals surface area contributed by atoms with Crippen molar-refractivity contribution in [3.8, 4) is 5.75 Å². The fourth-order valence-corrected chi connectivity index (χ4v) is 1.82. The third-order valence-electron chi connectivity index (χ3n) is 3.05. The largest absolute Gasteiger partial charge is 0.496 e. The van der Waals surface area contributed by atoms with E-state index in [4.69, 9.17) is 9.47 Å². The van der Waals surface area contributed by atoms with E-state index in [1.54, 1.807) is 52.8 Å². The van der Waals surface area contributed by atoms with Crippen LogP contribution in [0, 0.1) is 0 Å². The van der Waals surface area contributed by atoms with Crippen molar-refractivity contribution in [1.82, 2.24) is 0 Å². The average molecular weight is 309 g/mol. The Balaban J connectivity index is 3.04. The lowest BCUT2D eigenvalue weighted by molar-refractivity contribution is -0.142. The van der Waals surface area contributed by atoms with Crippen LogP contribution in [0.15, 0.2) is 18.2 Å². The van der Waals surface area contributed by atoms with E-state index in [-0.39, 0.29) is 0 Å². The minimum Gasteiger partial charge on any atom is -0.496 e. The molecule has 2 N–H and O–H groups in total. The highest BCUT2D eigenvalue weighted by Gasteiger charge is 2.32. The van der Waals surface area contributed by atoms with Crippen molar-refractivity contribution in [3.63, 3.8) is 0 Å². The number of amides is 1. The highest BCUT2D eigenvalue weighted by Crippen LogP contribution is 2.34. The maximum atomic E-state index is 11.7. The van der Waals surface area contributed by atoms with Gasteiger partial charge in [-0.15, -0.1) is 0 Å². The van der Waals surface area contributed by atoms with Crippen molar-refractivity contribution in [2.24, 2.45) is 0 Å². The predicted octanol–water partition coefficient (Wildman–Crippen LogP) is 3.40. The first kappa shape index (κ1) is 17.8. The molecular weight excluding hydrogens is 286 g/mol. The smallest absolute Gasteiger partial charge is 0.412 e. The number of methoxy groups -OCH3 is 1. The molecule has 0 atom stereocenters. The van der Waals surface area contributed by atoms with E-state index in [0.717, 1.165) is 0 Å². The van der Waals surface area contributed by atoms with Crippen LogP contribution in [0.25, 0.3) is 0 Å². The number of aliphatic carboxylic acids is 1. The van der Waals surface area contributed by atoms with E-state index >= 15 is 0 Å². The second kappa shape index (κ2) is 6.25. The first-order chi connectivity index (χ1) is 9.97. The minimum absolute atomic E-state index is 0.390. The maximum Gasteiger partial charge on any atom is 0.412 e. The van der Waals surface area contributed by atoms with Gasteiger partial charge in [-0.3, -0.25) is 10.1 Å². The van der Waals surface area contributed by atoms with Gasteiger partial charge in [0.1, 0.15) is 11.4 Å². The van der Waals surface area contributed by atoms with E-state index in [2.05, 4.69) is 5.32 Å². The molecule has 0 spiro atoms. The van der Waals surface area contributed by atoms with Crippen molar-refractivity contribution in [2.75, 3.05) is 12.4 Å². The third-order valence-corrected chi connectivity index (χ3v) is 3.05. The summed E-state index contributed by atoms with van der Waals surface area (Å²) in [6.45, 7) is 8.49. The summed E-state index contributed by atoms with van der Waals surface area (Å²) >= 11 is 0. The Morgan fingerprint density at radius 2 is 1.73 bits per heavy atom. The molecule has 0 aliphatic heterocycles. The number of carbonyl (C=O) groups is 2. The predicted molar refractivity (Wildman–Crippen MR) is 83.5 cm³/mol. The number of carboxylic acids is 1. The molecule has 0 radical (unpaired) electrons. The van der Waals surface area contributed by atoms with Crippen LogP contribution in [0.5, 0.6) is 5.75 Å². The lowest BCUT2D eigenvalue weighted by Gasteiger charge is -2.23. The Hall–Kier alpha value is -2.24. The van der Waals surface area contributed by atoms with Crippen LogP contribution in [0.1, 0.15) is 40.2 Å². The van der Waals surface area contributed by atoms with Crippen LogP contribution in [0.3, 0.4) is 0 Å². The molecule has 1 aromatic rings. The number of anilines is 1. The Labute approximate surface area is 130 Å². The Bertz CT molecular complexity index is 572. The van der Waals surface area contributed by atoms with Crippen molar-refractivity contribution < 1.29 is 24.2 Å². The number of hydrogen-bond acceptors (Lipinski definition) is 4. The molecule has 6 nitrogen and oxygen atoms in total. The van der Waals surface area contributed by atoms with Gasteiger partial charge in [-0.2, -0.15) is 0 Å². The summed E-state index contributed by atoms with van der Waals surface area (Å²) in [6, 6.07) is 4.82. The molecule has 0 aliphatic carbocycles. The van der Waals surface area contributed by atoms with Crippen molar-refractivity contribution >= 4 is 17.7 Å². The van der Waals surface area contributed by atoms with E-state index in [9.17, 15) is 14.7 Å². The van der Waals surface area contributed by atoms with Crippen molar-refractivity contribution in [1.29, 1.82) is 0 Å². The van der Waals surface area contributed by atoms with Crippen LogP contribution >= 0.6 is 0 Å². The molecule has 22 heavy (non-hydrogen) atoms. The Morgan fingerprint density at radius 1 is 1.14 bits per heavy atom. The number of carbonyl (C=O) groups excluding carboxylic acids is 1. The molecule has 0 bridgehead atoms. The lowest BCUT2D eigenvalue weighted by Crippen LogP contribution is -2.29. The summed E-state index contributed by atoms with van der Waals surface area (Å²) < 4.78 is 10.4. The molecule has 6 heteroatoms. The molecule has 1 aromatic carbocycles. The molecule has 0 unspecified atom stereocenters. The topological polar surface area (TPSA) is 84.9 Å². The number of rotatable bonds is 4. The van der Waals surface area contributed by atoms with Crippen LogP contribution in [0.4, 0.5) is 10.5 Å². The van der Waals surface area contributed by atoms with Gasteiger partial charge in [-0.05, 0) is 40.7 Å². The molecule has 0 aromatic heterocycles. The summed E-state index contributed by atoms with van der Waals surface area (Å²) in [4.78, 5) is 23.1. The number of hydrogen-bond donors (Lipinski definition) is 2. The summed E-state index contributed by atoms with van der Waals surface area (Å²) in [5.74, 6) is -0.570.